The van der Waals surface area contributed by atoms with E-state index in [0.717, 1.165) is 25.9 Å². The highest BCUT2D eigenvalue weighted by atomic mass is 35.5. The molecule has 92 valence electrons. The van der Waals surface area contributed by atoms with Gasteiger partial charge in [0.25, 0.3) is 0 Å². The second kappa shape index (κ2) is 4.04. The zero-order chi connectivity index (χ0) is 12.0. The maximum atomic E-state index is 12.3. The summed E-state index contributed by atoms with van der Waals surface area (Å²) in [5.41, 5.74) is 5.08. The maximum Gasteiger partial charge on any atom is 0.231 e. The van der Waals surface area contributed by atoms with Crippen LogP contribution in [0.3, 0.4) is 0 Å². The first kappa shape index (κ1) is 12.5. The minimum absolute atomic E-state index is 0.0932. The number of hydrogen-bond donors (Lipinski definition) is 1. The van der Waals surface area contributed by atoms with E-state index >= 15 is 0 Å². The number of piperidine rings is 1. The van der Waals surface area contributed by atoms with Crippen LogP contribution in [-0.2, 0) is 4.79 Å². The van der Waals surface area contributed by atoms with Gasteiger partial charge in [-0.15, -0.1) is 23.2 Å². The molecule has 1 amide bonds. The highest BCUT2D eigenvalue weighted by Crippen LogP contribution is 2.64. The lowest BCUT2D eigenvalue weighted by atomic mass is 9.96. The molecule has 0 radical (unpaired) electrons. The van der Waals surface area contributed by atoms with E-state index in [-0.39, 0.29) is 5.91 Å². The Balaban J connectivity index is 2.01. The molecule has 0 spiro atoms. The van der Waals surface area contributed by atoms with Crippen molar-refractivity contribution in [3.05, 3.63) is 0 Å². The summed E-state index contributed by atoms with van der Waals surface area (Å²) < 4.78 is -0.861. The molecule has 0 bridgehead atoms. The van der Waals surface area contributed by atoms with E-state index in [1.54, 1.807) is 0 Å². The van der Waals surface area contributed by atoms with Gasteiger partial charge in [0.2, 0.25) is 5.91 Å². The molecule has 2 N–H and O–H groups in total. The third-order valence-electron chi connectivity index (χ3n) is 3.87. The van der Waals surface area contributed by atoms with Gasteiger partial charge in [-0.05, 0) is 38.6 Å². The molecule has 1 saturated carbocycles. The molecule has 1 aliphatic heterocycles. The van der Waals surface area contributed by atoms with Crippen LogP contribution in [0.4, 0.5) is 0 Å². The van der Waals surface area contributed by atoms with Gasteiger partial charge in [-0.1, -0.05) is 0 Å². The molecule has 2 rings (SSSR count). The molecule has 16 heavy (non-hydrogen) atoms. The Labute approximate surface area is 106 Å². The van der Waals surface area contributed by atoms with E-state index in [9.17, 15) is 4.79 Å². The standard InChI is InChI=1S/C11H18Cl2N2O/c1-10(7-11(10,12)13)9(16)15-4-2-3-8(5-14)6-15/h8H,2-7,14H2,1H3. The smallest absolute Gasteiger partial charge is 0.231 e. The van der Waals surface area contributed by atoms with E-state index in [1.807, 2.05) is 11.8 Å². The van der Waals surface area contributed by atoms with E-state index < -0.39 is 9.75 Å². The zero-order valence-electron chi connectivity index (χ0n) is 9.51. The van der Waals surface area contributed by atoms with Crippen LogP contribution in [-0.4, -0.2) is 34.8 Å². The van der Waals surface area contributed by atoms with E-state index in [2.05, 4.69) is 0 Å². The lowest BCUT2D eigenvalue weighted by Gasteiger charge is -2.34. The number of amides is 1. The van der Waals surface area contributed by atoms with Crippen molar-refractivity contribution in [2.75, 3.05) is 19.6 Å². The fourth-order valence-corrected chi connectivity index (χ4v) is 3.12. The Hall–Kier alpha value is 0.01000. The third-order valence-corrected chi connectivity index (χ3v) is 4.97. The van der Waals surface area contributed by atoms with Gasteiger partial charge in [0.05, 0.1) is 5.41 Å². The summed E-state index contributed by atoms with van der Waals surface area (Å²) in [7, 11) is 0. The van der Waals surface area contributed by atoms with Gasteiger partial charge in [0, 0.05) is 13.1 Å². The van der Waals surface area contributed by atoms with Crippen LogP contribution in [0, 0.1) is 11.3 Å². The first-order valence-corrected chi connectivity index (χ1v) is 6.53. The fourth-order valence-electron chi connectivity index (χ4n) is 2.42. The zero-order valence-corrected chi connectivity index (χ0v) is 11.0. The summed E-state index contributed by atoms with van der Waals surface area (Å²) in [5, 5.41) is 0. The summed E-state index contributed by atoms with van der Waals surface area (Å²) in [6.07, 6.45) is 2.71. The van der Waals surface area contributed by atoms with Crippen molar-refractivity contribution in [1.82, 2.24) is 4.90 Å². The second-order valence-electron chi connectivity index (χ2n) is 5.21. The van der Waals surface area contributed by atoms with E-state index in [1.165, 1.54) is 0 Å². The van der Waals surface area contributed by atoms with Crippen LogP contribution in [0.1, 0.15) is 26.2 Å². The minimum atomic E-state index is -0.861. The van der Waals surface area contributed by atoms with Crippen LogP contribution in [0.5, 0.6) is 0 Å². The molecule has 0 aromatic carbocycles. The number of nitrogens with two attached hydrogens (primary N) is 1. The van der Waals surface area contributed by atoms with Crippen molar-refractivity contribution in [1.29, 1.82) is 0 Å². The fraction of sp³-hybridized carbons (Fsp3) is 0.909. The minimum Gasteiger partial charge on any atom is -0.342 e. The summed E-state index contributed by atoms with van der Waals surface area (Å²) in [6, 6.07) is 0. The average Bonchev–Trinajstić information content (AvgIpc) is 2.78. The summed E-state index contributed by atoms with van der Waals surface area (Å²) in [4.78, 5) is 14.2. The topological polar surface area (TPSA) is 46.3 Å². The Kier molecular flexibility index (Phi) is 3.15. The van der Waals surface area contributed by atoms with Crippen molar-refractivity contribution >= 4 is 29.1 Å². The predicted molar refractivity (Wildman–Crippen MR) is 65.5 cm³/mol. The lowest BCUT2D eigenvalue weighted by Crippen LogP contribution is -2.45. The lowest BCUT2D eigenvalue weighted by molar-refractivity contribution is -0.138. The molecule has 0 aromatic rings. The highest BCUT2D eigenvalue weighted by Gasteiger charge is 2.68. The van der Waals surface area contributed by atoms with Crippen LogP contribution in [0.2, 0.25) is 0 Å². The van der Waals surface area contributed by atoms with Gasteiger partial charge in [-0.25, -0.2) is 0 Å². The van der Waals surface area contributed by atoms with Gasteiger partial charge in [-0.2, -0.15) is 0 Å². The number of likely N-dealkylation sites (tertiary alicyclic amines) is 1. The maximum absolute atomic E-state index is 12.3. The number of alkyl halides is 2. The normalized spacial score (nSPS) is 37.2. The van der Waals surface area contributed by atoms with E-state index in [0.29, 0.717) is 18.9 Å². The Bertz CT molecular complexity index is 308. The third kappa shape index (κ3) is 1.93. The second-order valence-corrected chi connectivity index (χ2v) is 6.69. The number of carbonyl (C=O) groups is 1. The Morgan fingerprint density at radius 1 is 1.56 bits per heavy atom. The van der Waals surface area contributed by atoms with Gasteiger partial charge >= 0.3 is 0 Å². The van der Waals surface area contributed by atoms with Crippen molar-refractivity contribution in [2.45, 2.75) is 30.5 Å². The van der Waals surface area contributed by atoms with Gasteiger partial charge < -0.3 is 10.6 Å². The average molecular weight is 265 g/mol. The summed E-state index contributed by atoms with van der Waals surface area (Å²) in [5.74, 6) is 0.524. The molecule has 1 aliphatic carbocycles. The molecule has 1 saturated heterocycles. The van der Waals surface area contributed by atoms with Crippen LogP contribution in [0.25, 0.3) is 0 Å². The van der Waals surface area contributed by atoms with Crippen molar-refractivity contribution in [3.63, 3.8) is 0 Å². The van der Waals surface area contributed by atoms with E-state index in [4.69, 9.17) is 28.9 Å². The summed E-state index contributed by atoms with van der Waals surface area (Å²) >= 11 is 12.1. The largest absolute Gasteiger partial charge is 0.342 e. The molecular weight excluding hydrogens is 247 g/mol. The van der Waals surface area contributed by atoms with Crippen LogP contribution < -0.4 is 5.73 Å². The molecule has 0 aromatic heterocycles. The number of nitrogens with zero attached hydrogens (tertiary/aromatic N) is 1. The summed E-state index contributed by atoms with van der Waals surface area (Å²) in [6.45, 7) is 4.07. The number of halogens is 2. The first-order valence-electron chi connectivity index (χ1n) is 5.78. The number of rotatable bonds is 2. The molecule has 2 unspecified atom stereocenters. The monoisotopic (exact) mass is 264 g/mol. The number of hydrogen-bond acceptors (Lipinski definition) is 2. The molecule has 2 atom stereocenters. The molecule has 2 fully saturated rings. The molecular formula is C11H18Cl2N2O. The van der Waals surface area contributed by atoms with Crippen LogP contribution in [0.15, 0.2) is 0 Å². The predicted octanol–water partition coefficient (Wildman–Crippen LogP) is 1.77. The highest BCUT2D eigenvalue weighted by molar-refractivity contribution is 6.53. The SMILES string of the molecule is CC1(C(=O)N2CCCC(CN)C2)CC1(Cl)Cl. The van der Waals surface area contributed by atoms with Gasteiger partial charge in [0.15, 0.2) is 0 Å². The number of carbonyl (C=O) groups excluding carboxylic acids is 1. The molecule has 1 heterocycles. The molecule has 5 heteroatoms. The van der Waals surface area contributed by atoms with Crippen LogP contribution >= 0.6 is 23.2 Å². The van der Waals surface area contributed by atoms with Crippen molar-refractivity contribution in [2.24, 2.45) is 17.1 Å². The quantitative estimate of drug-likeness (QED) is 0.773. The van der Waals surface area contributed by atoms with Gasteiger partial charge in [0.1, 0.15) is 4.33 Å². The Morgan fingerprint density at radius 2 is 2.19 bits per heavy atom. The van der Waals surface area contributed by atoms with Crippen molar-refractivity contribution < 1.29 is 4.79 Å². The van der Waals surface area contributed by atoms with Crippen molar-refractivity contribution in [3.8, 4) is 0 Å². The molecule has 2 aliphatic rings. The first-order chi connectivity index (χ1) is 7.40. The van der Waals surface area contributed by atoms with Gasteiger partial charge in [-0.3, -0.25) is 4.79 Å². The molecule has 3 nitrogen and oxygen atoms in total. The Morgan fingerprint density at radius 3 is 2.69 bits per heavy atom.